The molecule has 1 aliphatic rings. The van der Waals surface area contributed by atoms with Crippen LogP contribution in [-0.4, -0.2) is 53.9 Å². The van der Waals surface area contributed by atoms with Crippen molar-refractivity contribution in [1.29, 1.82) is 0 Å². The van der Waals surface area contributed by atoms with E-state index in [0.717, 1.165) is 0 Å². The molecule has 2 rings (SSSR count). The highest BCUT2D eigenvalue weighted by molar-refractivity contribution is 7.99. The lowest BCUT2D eigenvalue weighted by Crippen LogP contribution is -2.49. The minimum absolute atomic E-state index is 0.00592. The predicted octanol–water partition coefficient (Wildman–Crippen LogP) is 2.26. The van der Waals surface area contributed by atoms with E-state index in [2.05, 4.69) is 0 Å². The Labute approximate surface area is 132 Å². The van der Waals surface area contributed by atoms with Gasteiger partial charge in [0.25, 0.3) is 5.69 Å². The second kappa shape index (κ2) is 7.00. The molecule has 0 aromatic heterocycles. The van der Waals surface area contributed by atoms with Gasteiger partial charge < -0.3 is 9.80 Å². The quantitative estimate of drug-likeness (QED) is 0.626. The first-order valence-electron chi connectivity index (χ1n) is 6.48. The molecule has 1 heterocycles. The number of amides is 1. The number of nitro benzene ring substituents is 1. The first-order valence-corrected chi connectivity index (χ1v) is 8.25. The molecule has 1 aromatic carbocycles. The highest BCUT2D eigenvalue weighted by Crippen LogP contribution is 2.31. The van der Waals surface area contributed by atoms with E-state index in [0.29, 0.717) is 42.6 Å². The van der Waals surface area contributed by atoms with Crippen LogP contribution in [0.3, 0.4) is 0 Å². The van der Waals surface area contributed by atoms with Gasteiger partial charge in [-0.15, -0.1) is 0 Å². The SMILES string of the molecule is CSCC(=O)N1CCN(c2ccc(Cl)cc2[N+](=O)[O-])CC1. The number of nitro groups is 1. The zero-order valence-corrected chi connectivity index (χ0v) is 13.2. The van der Waals surface area contributed by atoms with Crippen molar-refractivity contribution in [3.63, 3.8) is 0 Å². The number of nitrogens with zero attached hydrogens (tertiary/aromatic N) is 3. The van der Waals surface area contributed by atoms with E-state index >= 15 is 0 Å². The summed E-state index contributed by atoms with van der Waals surface area (Å²) in [5.74, 6) is 0.592. The molecular formula is C13H16ClN3O3S. The molecule has 8 heteroatoms. The number of hydrogen-bond acceptors (Lipinski definition) is 5. The van der Waals surface area contributed by atoms with Crippen molar-refractivity contribution in [2.24, 2.45) is 0 Å². The summed E-state index contributed by atoms with van der Waals surface area (Å²) in [6, 6.07) is 4.68. The smallest absolute Gasteiger partial charge is 0.294 e. The van der Waals surface area contributed by atoms with E-state index in [4.69, 9.17) is 11.6 Å². The first-order chi connectivity index (χ1) is 10.0. The fourth-order valence-corrected chi connectivity index (χ4v) is 2.92. The first kappa shape index (κ1) is 15.9. The fraction of sp³-hybridized carbons (Fsp3) is 0.462. The largest absolute Gasteiger partial charge is 0.362 e. The molecular weight excluding hydrogens is 314 g/mol. The second-order valence-corrected chi connectivity index (χ2v) is 5.99. The molecule has 0 saturated carbocycles. The van der Waals surface area contributed by atoms with Gasteiger partial charge in [-0.05, 0) is 18.4 Å². The van der Waals surface area contributed by atoms with Crippen LogP contribution >= 0.6 is 23.4 Å². The van der Waals surface area contributed by atoms with Gasteiger partial charge >= 0.3 is 0 Å². The Hall–Kier alpha value is -1.47. The van der Waals surface area contributed by atoms with E-state index < -0.39 is 4.92 Å². The molecule has 1 saturated heterocycles. The van der Waals surface area contributed by atoms with Crippen molar-refractivity contribution in [1.82, 2.24) is 4.90 Å². The average molecular weight is 330 g/mol. The highest BCUT2D eigenvalue weighted by atomic mass is 35.5. The third kappa shape index (κ3) is 3.79. The molecule has 21 heavy (non-hydrogen) atoms. The summed E-state index contributed by atoms with van der Waals surface area (Å²) in [5, 5.41) is 11.5. The molecule has 114 valence electrons. The fourth-order valence-electron chi connectivity index (χ4n) is 2.32. The van der Waals surface area contributed by atoms with E-state index in [1.54, 1.807) is 17.0 Å². The minimum Gasteiger partial charge on any atom is -0.362 e. The Balaban J connectivity index is 2.09. The second-order valence-electron chi connectivity index (χ2n) is 4.69. The van der Waals surface area contributed by atoms with Crippen LogP contribution in [0.4, 0.5) is 11.4 Å². The van der Waals surface area contributed by atoms with Gasteiger partial charge in [-0.2, -0.15) is 11.8 Å². The maximum absolute atomic E-state index is 11.8. The Bertz CT molecular complexity index is 547. The summed E-state index contributed by atoms with van der Waals surface area (Å²) in [7, 11) is 0. The van der Waals surface area contributed by atoms with E-state index in [-0.39, 0.29) is 11.6 Å². The van der Waals surface area contributed by atoms with Crippen molar-refractivity contribution < 1.29 is 9.72 Å². The normalized spacial score (nSPS) is 15.1. The summed E-state index contributed by atoms with van der Waals surface area (Å²) in [5.41, 5.74) is 0.563. The molecule has 1 amide bonds. The Morgan fingerprint density at radius 2 is 2.05 bits per heavy atom. The minimum atomic E-state index is -0.424. The maximum Gasteiger partial charge on any atom is 0.294 e. The maximum atomic E-state index is 11.8. The van der Waals surface area contributed by atoms with Gasteiger partial charge in [0, 0.05) is 37.3 Å². The van der Waals surface area contributed by atoms with Crippen LogP contribution < -0.4 is 4.90 Å². The topological polar surface area (TPSA) is 66.7 Å². The molecule has 6 nitrogen and oxygen atoms in total. The molecule has 0 atom stereocenters. The van der Waals surface area contributed by atoms with E-state index in [9.17, 15) is 14.9 Å². The van der Waals surface area contributed by atoms with Crippen molar-refractivity contribution in [2.75, 3.05) is 43.1 Å². The van der Waals surface area contributed by atoms with Gasteiger partial charge in [0.15, 0.2) is 0 Å². The predicted molar refractivity (Wildman–Crippen MR) is 85.3 cm³/mol. The standard InChI is InChI=1S/C13H16ClN3O3S/c1-21-9-13(18)16-6-4-15(5-7-16)11-3-2-10(14)8-12(11)17(19)20/h2-3,8H,4-7,9H2,1H3. The van der Waals surface area contributed by atoms with E-state index in [1.807, 2.05) is 11.2 Å². The van der Waals surface area contributed by atoms with Crippen molar-refractivity contribution in [3.05, 3.63) is 33.3 Å². The Morgan fingerprint density at radius 1 is 1.38 bits per heavy atom. The molecule has 0 radical (unpaired) electrons. The lowest BCUT2D eigenvalue weighted by Gasteiger charge is -2.35. The third-order valence-electron chi connectivity index (χ3n) is 3.38. The number of hydrogen-bond donors (Lipinski definition) is 0. The summed E-state index contributed by atoms with van der Waals surface area (Å²) >= 11 is 7.32. The molecule has 0 unspecified atom stereocenters. The molecule has 0 N–H and O–H groups in total. The van der Waals surface area contributed by atoms with Crippen LogP contribution in [0.25, 0.3) is 0 Å². The zero-order valence-electron chi connectivity index (χ0n) is 11.6. The monoisotopic (exact) mass is 329 g/mol. The molecule has 0 spiro atoms. The van der Waals surface area contributed by atoms with Crippen LogP contribution in [0.2, 0.25) is 5.02 Å². The Kier molecular flexibility index (Phi) is 5.30. The molecule has 1 fully saturated rings. The molecule has 0 bridgehead atoms. The molecule has 0 aliphatic carbocycles. The van der Waals surface area contributed by atoms with Gasteiger partial charge in [0.05, 0.1) is 10.7 Å². The number of piperazine rings is 1. The van der Waals surface area contributed by atoms with Crippen molar-refractivity contribution in [2.45, 2.75) is 0 Å². The number of benzene rings is 1. The van der Waals surface area contributed by atoms with Crippen LogP contribution in [-0.2, 0) is 4.79 Å². The van der Waals surface area contributed by atoms with Gasteiger partial charge in [-0.3, -0.25) is 14.9 Å². The van der Waals surface area contributed by atoms with Gasteiger partial charge in [0.1, 0.15) is 5.69 Å². The summed E-state index contributed by atoms with van der Waals surface area (Å²) in [6.07, 6.45) is 1.89. The number of thioether (sulfide) groups is 1. The highest BCUT2D eigenvalue weighted by Gasteiger charge is 2.25. The number of anilines is 1. The number of halogens is 1. The average Bonchev–Trinajstić information content (AvgIpc) is 2.47. The van der Waals surface area contributed by atoms with Gasteiger partial charge in [-0.25, -0.2) is 0 Å². The van der Waals surface area contributed by atoms with E-state index in [1.165, 1.54) is 17.8 Å². The summed E-state index contributed by atoms with van der Waals surface area (Å²) in [6.45, 7) is 2.34. The third-order valence-corrected chi connectivity index (χ3v) is 4.15. The van der Waals surface area contributed by atoms with Crippen LogP contribution in [0.1, 0.15) is 0 Å². The number of rotatable bonds is 4. The number of carbonyl (C=O) groups excluding carboxylic acids is 1. The van der Waals surface area contributed by atoms with Gasteiger partial charge in [0.2, 0.25) is 5.91 Å². The van der Waals surface area contributed by atoms with Crippen LogP contribution in [0, 0.1) is 10.1 Å². The summed E-state index contributed by atoms with van der Waals surface area (Å²) in [4.78, 5) is 26.3. The lowest BCUT2D eigenvalue weighted by molar-refractivity contribution is -0.384. The van der Waals surface area contributed by atoms with Gasteiger partial charge in [-0.1, -0.05) is 11.6 Å². The molecule has 1 aromatic rings. The summed E-state index contributed by atoms with van der Waals surface area (Å²) < 4.78 is 0. The van der Waals surface area contributed by atoms with Crippen LogP contribution in [0.5, 0.6) is 0 Å². The molecule has 1 aliphatic heterocycles. The Morgan fingerprint density at radius 3 is 2.62 bits per heavy atom. The lowest BCUT2D eigenvalue weighted by atomic mass is 10.2. The van der Waals surface area contributed by atoms with Crippen molar-refractivity contribution in [3.8, 4) is 0 Å². The van der Waals surface area contributed by atoms with Crippen LogP contribution in [0.15, 0.2) is 18.2 Å². The zero-order chi connectivity index (χ0) is 15.4. The van der Waals surface area contributed by atoms with Crippen molar-refractivity contribution >= 4 is 40.6 Å². The number of carbonyl (C=O) groups is 1.